The fraction of sp³-hybridized carbons (Fsp3) is 0.235. The molecule has 0 saturated carbocycles. The molecular weight excluding hydrogens is 264 g/mol. The molecule has 2 aromatic carbocycles. The van der Waals surface area contributed by atoms with Crippen LogP contribution in [0, 0.1) is 0 Å². The Morgan fingerprint density at radius 1 is 1.05 bits per heavy atom. The van der Waals surface area contributed by atoms with E-state index in [0.717, 1.165) is 23.5 Å². The van der Waals surface area contributed by atoms with Crippen LogP contribution in [0.5, 0.6) is 5.75 Å². The van der Waals surface area contributed by atoms with Crippen LogP contribution in [0.3, 0.4) is 0 Å². The monoisotopic (exact) mass is 284 g/mol. The highest BCUT2D eigenvalue weighted by Crippen LogP contribution is 2.15. The molecule has 4 heteroatoms. The van der Waals surface area contributed by atoms with Gasteiger partial charge in [-0.2, -0.15) is 0 Å². The Kier molecular flexibility index (Phi) is 5.35. The Morgan fingerprint density at radius 3 is 2.43 bits per heavy atom. The number of anilines is 1. The molecule has 0 unspecified atom stereocenters. The van der Waals surface area contributed by atoms with Gasteiger partial charge in [-0.15, -0.1) is 0 Å². The average Bonchev–Trinajstić information content (AvgIpc) is 2.49. The molecule has 0 aliphatic rings. The molecule has 0 fully saturated rings. The minimum absolute atomic E-state index is 0.0578. The first-order valence-electron chi connectivity index (χ1n) is 6.88. The van der Waals surface area contributed by atoms with E-state index in [-0.39, 0.29) is 5.91 Å². The average molecular weight is 284 g/mol. The molecular formula is C17H20N2O2. The van der Waals surface area contributed by atoms with Crippen LogP contribution in [0.4, 0.5) is 5.69 Å². The number of rotatable bonds is 6. The van der Waals surface area contributed by atoms with Gasteiger partial charge in [0.25, 0.3) is 0 Å². The van der Waals surface area contributed by atoms with E-state index < -0.39 is 0 Å². The number of carbonyl (C=O) groups is 1. The van der Waals surface area contributed by atoms with Crippen molar-refractivity contribution in [3.8, 4) is 5.75 Å². The van der Waals surface area contributed by atoms with Crippen LogP contribution in [-0.2, 0) is 17.9 Å². The number of hydrogen-bond acceptors (Lipinski definition) is 3. The van der Waals surface area contributed by atoms with Crippen molar-refractivity contribution in [1.29, 1.82) is 0 Å². The Morgan fingerprint density at radius 2 is 1.76 bits per heavy atom. The second-order valence-corrected chi connectivity index (χ2v) is 4.79. The van der Waals surface area contributed by atoms with Gasteiger partial charge in [0, 0.05) is 25.7 Å². The summed E-state index contributed by atoms with van der Waals surface area (Å²) in [5.41, 5.74) is 3.11. The molecule has 2 rings (SSSR count). The van der Waals surface area contributed by atoms with E-state index >= 15 is 0 Å². The molecule has 0 atom stereocenters. The third kappa shape index (κ3) is 4.61. The molecule has 0 aromatic heterocycles. The fourth-order valence-electron chi connectivity index (χ4n) is 2.07. The van der Waals surface area contributed by atoms with Crippen molar-refractivity contribution in [2.24, 2.45) is 0 Å². The molecule has 21 heavy (non-hydrogen) atoms. The van der Waals surface area contributed by atoms with Gasteiger partial charge in [-0.1, -0.05) is 30.3 Å². The lowest BCUT2D eigenvalue weighted by molar-refractivity contribution is -0.114. The van der Waals surface area contributed by atoms with E-state index in [9.17, 15) is 4.79 Å². The lowest BCUT2D eigenvalue weighted by Gasteiger charge is -2.11. The Labute approximate surface area is 125 Å². The van der Waals surface area contributed by atoms with Crippen LogP contribution in [0.2, 0.25) is 0 Å². The lowest BCUT2D eigenvalue weighted by Crippen LogP contribution is -2.15. The number of nitrogens with one attached hydrogen (secondary N) is 2. The van der Waals surface area contributed by atoms with E-state index in [1.54, 1.807) is 7.11 Å². The van der Waals surface area contributed by atoms with Gasteiger partial charge in [-0.05, 0) is 29.3 Å². The number of methoxy groups -OCH3 is 1. The normalized spacial score (nSPS) is 10.2. The molecule has 0 heterocycles. The van der Waals surface area contributed by atoms with Gasteiger partial charge >= 0.3 is 0 Å². The first kappa shape index (κ1) is 15.1. The summed E-state index contributed by atoms with van der Waals surface area (Å²) in [7, 11) is 1.66. The van der Waals surface area contributed by atoms with E-state index in [1.165, 1.54) is 12.5 Å². The highest BCUT2D eigenvalue weighted by Gasteiger charge is 2.03. The summed E-state index contributed by atoms with van der Waals surface area (Å²) >= 11 is 0. The maximum Gasteiger partial charge on any atom is 0.221 e. The van der Waals surface area contributed by atoms with Crippen LogP contribution < -0.4 is 15.4 Å². The topological polar surface area (TPSA) is 50.4 Å². The van der Waals surface area contributed by atoms with Gasteiger partial charge in [-0.25, -0.2) is 0 Å². The molecule has 0 spiro atoms. The predicted octanol–water partition coefficient (Wildman–Crippen LogP) is 2.94. The van der Waals surface area contributed by atoms with Gasteiger partial charge in [0.1, 0.15) is 5.75 Å². The number of ether oxygens (including phenoxy) is 1. The molecule has 110 valence electrons. The molecule has 2 aromatic rings. The third-order valence-corrected chi connectivity index (χ3v) is 3.13. The maximum absolute atomic E-state index is 11.2. The molecule has 1 amide bonds. The summed E-state index contributed by atoms with van der Waals surface area (Å²) in [5.74, 6) is 0.798. The van der Waals surface area contributed by atoms with E-state index in [2.05, 4.69) is 10.6 Å². The molecule has 0 saturated heterocycles. The van der Waals surface area contributed by atoms with Crippen molar-refractivity contribution in [3.63, 3.8) is 0 Å². The largest absolute Gasteiger partial charge is 0.497 e. The Balaban J connectivity index is 1.92. The van der Waals surface area contributed by atoms with E-state index in [1.807, 2.05) is 48.5 Å². The van der Waals surface area contributed by atoms with Crippen LogP contribution in [0.15, 0.2) is 48.5 Å². The lowest BCUT2D eigenvalue weighted by atomic mass is 10.1. The molecule has 0 aliphatic carbocycles. The minimum atomic E-state index is -0.0578. The number of para-hydroxylation sites is 1. The fourth-order valence-corrected chi connectivity index (χ4v) is 2.07. The number of benzene rings is 2. The quantitative estimate of drug-likeness (QED) is 0.857. The van der Waals surface area contributed by atoms with Crippen LogP contribution >= 0.6 is 0 Å². The number of carbonyl (C=O) groups excluding carboxylic acids is 1. The van der Waals surface area contributed by atoms with Gasteiger partial charge < -0.3 is 15.4 Å². The zero-order valence-corrected chi connectivity index (χ0v) is 12.3. The van der Waals surface area contributed by atoms with Gasteiger partial charge in [-0.3, -0.25) is 4.79 Å². The molecule has 0 radical (unpaired) electrons. The summed E-state index contributed by atoms with van der Waals surface area (Å²) in [6.07, 6.45) is 0. The Bertz CT molecular complexity index is 594. The summed E-state index contributed by atoms with van der Waals surface area (Å²) in [6.45, 7) is 2.97. The van der Waals surface area contributed by atoms with Crippen molar-refractivity contribution in [2.45, 2.75) is 20.0 Å². The maximum atomic E-state index is 11.2. The van der Waals surface area contributed by atoms with Crippen molar-refractivity contribution >= 4 is 11.6 Å². The molecule has 0 bridgehead atoms. The van der Waals surface area contributed by atoms with Crippen LogP contribution in [0.1, 0.15) is 18.1 Å². The number of amides is 1. The first-order chi connectivity index (χ1) is 10.2. The first-order valence-corrected chi connectivity index (χ1v) is 6.88. The Hall–Kier alpha value is -2.33. The molecule has 0 aliphatic heterocycles. The van der Waals surface area contributed by atoms with Gasteiger partial charge in [0.15, 0.2) is 0 Å². The summed E-state index contributed by atoms with van der Waals surface area (Å²) < 4.78 is 5.14. The minimum Gasteiger partial charge on any atom is -0.497 e. The second kappa shape index (κ2) is 7.45. The van der Waals surface area contributed by atoms with E-state index in [0.29, 0.717) is 6.54 Å². The predicted molar refractivity (Wildman–Crippen MR) is 84.3 cm³/mol. The van der Waals surface area contributed by atoms with Crippen molar-refractivity contribution in [2.75, 3.05) is 12.4 Å². The highest BCUT2D eigenvalue weighted by atomic mass is 16.5. The summed E-state index contributed by atoms with van der Waals surface area (Å²) in [6, 6.07) is 15.8. The molecule has 2 N–H and O–H groups in total. The van der Waals surface area contributed by atoms with Gasteiger partial charge in [0.05, 0.1) is 7.11 Å². The number of hydrogen-bond donors (Lipinski definition) is 2. The highest BCUT2D eigenvalue weighted by molar-refractivity contribution is 5.89. The second-order valence-electron chi connectivity index (χ2n) is 4.79. The SMILES string of the molecule is COc1ccc(CNCc2ccccc2NC(C)=O)cc1. The van der Waals surface area contributed by atoms with E-state index in [4.69, 9.17) is 4.74 Å². The third-order valence-electron chi connectivity index (χ3n) is 3.13. The van der Waals surface area contributed by atoms with Gasteiger partial charge in [0.2, 0.25) is 5.91 Å². The molecule has 4 nitrogen and oxygen atoms in total. The van der Waals surface area contributed by atoms with Crippen LogP contribution in [0.25, 0.3) is 0 Å². The van der Waals surface area contributed by atoms with Crippen molar-refractivity contribution in [3.05, 3.63) is 59.7 Å². The summed E-state index contributed by atoms with van der Waals surface area (Å²) in [5, 5.41) is 6.22. The van der Waals surface area contributed by atoms with Crippen molar-refractivity contribution in [1.82, 2.24) is 5.32 Å². The van der Waals surface area contributed by atoms with Crippen molar-refractivity contribution < 1.29 is 9.53 Å². The summed E-state index contributed by atoms with van der Waals surface area (Å²) in [4.78, 5) is 11.2. The zero-order valence-electron chi connectivity index (χ0n) is 12.3. The van der Waals surface area contributed by atoms with Crippen LogP contribution in [-0.4, -0.2) is 13.0 Å². The standard InChI is InChI=1S/C17H20N2O2/c1-13(20)19-17-6-4-3-5-15(17)12-18-11-14-7-9-16(21-2)10-8-14/h3-10,18H,11-12H2,1-2H3,(H,19,20). The zero-order chi connectivity index (χ0) is 15.1. The smallest absolute Gasteiger partial charge is 0.221 e.